The van der Waals surface area contributed by atoms with Crippen LogP contribution in [0.5, 0.6) is 5.75 Å². The fourth-order valence-corrected chi connectivity index (χ4v) is 2.48. The maximum atomic E-state index is 11.0. The number of benzene rings is 1. The number of fused-ring (bicyclic) bond motifs is 1. The summed E-state index contributed by atoms with van der Waals surface area (Å²) in [5, 5.41) is 15.1. The van der Waals surface area contributed by atoms with Crippen molar-refractivity contribution in [1.82, 2.24) is 9.97 Å². The Morgan fingerprint density at radius 3 is 2.50 bits per heavy atom. The number of methoxy groups -OCH3 is 1. The lowest BCUT2D eigenvalue weighted by Crippen LogP contribution is -1.99. The first-order chi connectivity index (χ1) is 11.5. The van der Waals surface area contributed by atoms with Crippen molar-refractivity contribution in [1.29, 1.82) is 0 Å². The number of hydrogen-bond donors (Lipinski definition) is 1. The quantitative estimate of drug-likeness (QED) is 0.578. The van der Waals surface area contributed by atoms with Crippen molar-refractivity contribution in [2.24, 2.45) is 0 Å². The van der Waals surface area contributed by atoms with Gasteiger partial charge in [-0.2, -0.15) is 0 Å². The second kappa shape index (κ2) is 6.11. The smallest absolute Gasteiger partial charge is 0.271 e. The van der Waals surface area contributed by atoms with Gasteiger partial charge in [0.25, 0.3) is 5.69 Å². The lowest BCUT2D eigenvalue weighted by Gasteiger charge is -2.13. The SMILES string of the molecule is COc1ccc([N+](=O)[O-])cc1Nc1cc(C)nc2nc(C)ccc12. The zero-order chi connectivity index (χ0) is 17.3. The largest absolute Gasteiger partial charge is 0.495 e. The van der Waals surface area contributed by atoms with Crippen molar-refractivity contribution in [2.45, 2.75) is 13.8 Å². The van der Waals surface area contributed by atoms with Crippen LogP contribution in [0.3, 0.4) is 0 Å². The minimum absolute atomic E-state index is 0.0117. The van der Waals surface area contributed by atoms with E-state index in [-0.39, 0.29) is 5.69 Å². The van der Waals surface area contributed by atoms with Gasteiger partial charge in [0.1, 0.15) is 5.75 Å². The molecule has 0 amide bonds. The number of nitrogens with zero attached hydrogens (tertiary/aromatic N) is 3. The molecule has 1 N–H and O–H groups in total. The van der Waals surface area contributed by atoms with Crippen LogP contribution in [0.4, 0.5) is 17.1 Å². The Morgan fingerprint density at radius 1 is 1.04 bits per heavy atom. The van der Waals surface area contributed by atoms with Gasteiger partial charge in [-0.3, -0.25) is 10.1 Å². The number of aromatic nitrogens is 2. The predicted octanol–water partition coefficient (Wildman–Crippen LogP) is 3.91. The topological polar surface area (TPSA) is 90.2 Å². The van der Waals surface area contributed by atoms with Crippen LogP contribution in [0.15, 0.2) is 36.4 Å². The highest BCUT2D eigenvalue weighted by atomic mass is 16.6. The third-order valence-corrected chi connectivity index (χ3v) is 3.60. The van der Waals surface area contributed by atoms with Gasteiger partial charge in [0.2, 0.25) is 0 Å². The number of ether oxygens (including phenoxy) is 1. The van der Waals surface area contributed by atoms with Gasteiger partial charge in [0, 0.05) is 28.9 Å². The van der Waals surface area contributed by atoms with Crippen molar-refractivity contribution in [3.8, 4) is 5.75 Å². The first kappa shape index (κ1) is 15.7. The fourth-order valence-electron chi connectivity index (χ4n) is 2.48. The summed E-state index contributed by atoms with van der Waals surface area (Å²) in [7, 11) is 1.52. The lowest BCUT2D eigenvalue weighted by molar-refractivity contribution is -0.384. The molecule has 0 aliphatic rings. The van der Waals surface area contributed by atoms with Gasteiger partial charge in [-0.25, -0.2) is 9.97 Å². The van der Waals surface area contributed by atoms with Crippen molar-refractivity contribution in [2.75, 3.05) is 12.4 Å². The van der Waals surface area contributed by atoms with Crippen LogP contribution in [0.25, 0.3) is 11.0 Å². The predicted molar refractivity (Wildman–Crippen MR) is 91.9 cm³/mol. The average Bonchev–Trinajstić information content (AvgIpc) is 2.54. The zero-order valence-corrected chi connectivity index (χ0v) is 13.5. The Morgan fingerprint density at radius 2 is 1.79 bits per heavy atom. The van der Waals surface area contributed by atoms with Gasteiger partial charge in [-0.15, -0.1) is 0 Å². The Kier molecular flexibility index (Phi) is 3.99. The molecule has 0 spiro atoms. The summed E-state index contributed by atoms with van der Waals surface area (Å²) in [6.07, 6.45) is 0. The molecule has 0 aliphatic carbocycles. The summed E-state index contributed by atoms with van der Waals surface area (Å²) in [6.45, 7) is 3.78. The molecule has 0 saturated heterocycles. The van der Waals surface area contributed by atoms with E-state index >= 15 is 0 Å². The highest BCUT2D eigenvalue weighted by molar-refractivity contribution is 5.92. The molecule has 0 unspecified atom stereocenters. The van der Waals surface area contributed by atoms with Crippen molar-refractivity contribution in [3.63, 3.8) is 0 Å². The van der Waals surface area contributed by atoms with Crippen LogP contribution in [-0.4, -0.2) is 22.0 Å². The molecule has 2 aromatic heterocycles. The van der Waals surface area contributed by atoms with Crippen molar-refractivity contribution in [3.05, 3.63) is 57.9 Å². The average molecular weight is 324 g/mol. The van der Waals surface area contributed by atoms with Gasteiger partial charge >= 0.3 is 0 Å². The summed E-state index contributed by atoms with van der Waals surface area (Å²) in [5.41, 5.74) is 3.57. The van der Waals surface area contributed by atoms with E-state index in [1.807, 2.05) is 32.0 Å². The van der Waals surface area contributed by atoms with Crippen LogP contribution >= 0.6 is 0 Å². The Labute approximate surface area is 138 Å². The number of hydrogen-bond acceptors (Lipinski definition) is 6. The zero-order valence-electron chi connectivity index (χ0n) is 13.5. The molecule has 0 atom stereocenters. The first-order valence-corrected chi connectivity index (χ1v) is 7.32. The molecule has 0 fully saturated rings. The van der Waals surface area contributed by atoms with Gasteiger partial charge in [0.05, 0.1) is 23.4 Å². The molecule has 1 aromatic carbocycles. The Balaban J connectivity index is 2.13. The molecule has 0 bridgehead atoms. The van der Waals surface area contributed by atoms with E-state index in [2.05, 4.69) is 15.3 Å². The molecular formula is C17H16N4O3. The first-order valence-electron chi connectivity index (χ1n) is 7.32. The molecule has 122 valence electrons. The molecule has 24 heavy (non-hydrogen) atoms. The monoisotopic (exact) mass is 324 g/mol. The Bertz CT molecular complexity index is 935. The lowest BCUT2D eigenvalue weighted by atomic mass is 10.2. The summed E-state index contributed by atoms with van der Waals surface area (Å²) >= 11 is 0. The number of rotatable bonds is 4. The number of anilines is 2. The van der Waals surface area contributed by atoms with Crippen LogP contribution in [0.1, 0.15) is 11.4 Å². The number of nitro groups is 1. The van der Waals surface area contributed by atoms with Gasteiger partial charge in [-0.1, -0.05) is 0 Å². The third-order valence-electron chi connectivity index (χ3n) is 3.60. The highest BCUT2D eigenvalue weighted by Crippen LogP contribution is 2.33. The molecule has 7 nitrogen and oxygen atoms in total. The minimum Gasteiger partial charge on any atom is -0.495 e. The summed E-state index contributed by atoms with van der Waals surface area (Å²) in [6, 6.07) is 10.1. The van der Waals surface area contributed by atoms with Crippen LogP contribution in [0.2, 0.25) is 0 Å². The maximum absolute atomic E-state index is 11.0. The second-order valence-corrected chi connectivity index (χ2v) is 5.40. The van der Waals surface area contributed by atoms with Crippen molar-refractivity contribution >= 4 is 28.1 Å². The summed E-state index contributed by atoms with van der Waals surface area (Å²) < 4.78 is 5.30. The number of aryl methyl sites for hydroxylation is 2. The number of nitrogens with one attached hydrogen (secondary N) is 1. The summed E-state index contributed by atoms with van der Waals surface area (Å²) in [5.74, 6) is 0.517. The normalized spacial score (nSPS) is 10.6. The van der Waals surface area contributed by atoms with E-state index in [0.29, 0.717) is 17.1 Å². The van der Waals surface area contributed by atoms with Crippen LogP contribution < -0.4 is 10.1 Å². The standard InChI is InChI=1S/C17H16N4O3/c1-10-4-6-13-14(8-11(2)19-17(13)18-10)20-15-9-12(21(22)23)5-7-16(15)24-3/h4-9H,1-3H3,(H,18,19,20). The molecule has 3 aromatic rings. The number of nitro benzene ring substituents is 1. The molecule has 7 heteroatoms. The third kappa shape index (κ3) is 2.96. The van der Waals surface area contributed by atoms with Gasteiger partial charge in [0.15, 0.2) is 5.65 Å². The number of pyridine rings is 2. The van der Waals surface area contributed by atoms with E-state index in [9.17, 15) is 10.1 Å². The molecule has 0 radical (unpaired) electrons. The van der Waals surface area contributed by atoms with E-state index < -0.39 is 4.92 Å². The van der Waals surface area contributed by atoms with E-state index in [1.165, 1.54) is 19.2 Å². The van der Waals surface area contributed by atoms with E-state index in [0.717, 1.165) is 22.5 Å². The van der Waals surface area contributed by atoms with Gasteiger partial charge < -0.3 is 10.1 Å². The second-order valence-electron chi connectivity index (χ2n) is 5.40. The molecule has 2 heterocycles. The molecule has 0 saturated carbocycles. The molecular weight excluding hydrogens is 308 g/mol. The van der Waals surface area contributed by atoms with E-state index in [4.69, 9.17) is 4.74 Å². The van der Waals surface area contributed by atoms with Crippen LogP contribution in [-0.2, 0) is 0 Å². The van der Waals surface area contributed by atoms with Gasteiger partial charge in [-0.05, 0) is 38.1 Å². The minimum atomic E-state index is -0.439. The fraction of sp³-hybridized carbons (Fsp3) is 0.176. The molecule has 3 rings (SSSR count). The summed E-state index contributed by atoms with van der Waals surface area (Å²) in [4.78, 5) is 19.5. The van der Waals surface area contributed by atoms with E-state index in [1.54, 1.807) is 6.07 Å². The Hall–Kier alpha value is -3.22. The number of non-ortho nitro benzene ring substituents is 1. The van der Waals surface area contributed by atoms with Crippen molar-refractivity contribution < 1.29 is 9.66 Å². The maximum Gasteiger partial charge on any atom is 0.271 e. The highest BCUT2D eigenvalue weighted by Gasteiger charge is 2.13. The van der Waals surface area contributed by atoms with Crippen LogP contribution in [0, 0.1) is 24.0 Å². The molecule has 0 aliphatic heterocycles.